The lowest BCUT2D eigenvalue weighted by molar-refractivity contribution is -0.137. The summed E-state index contributed by atoms with van der Waals surface area (Å²) in [5.74, 6) is 1.42. The molecular formula is C16H20O4. The molecule has 2 aliphatic rings. The average molecular weight is 276 g/mol. The second-order valence-corrected chi connectivity index (χ2v) is 5.97. The first-order chi connectivity index (χ1) is 9.63. The Hall–Kier alpha value is -1.71. The molecule has 1 aromatic carbocycles. The third-order valence-electron chi connectivity index (χ3n) is 4.29. The molecule has 3 rings (SSSR count). The van der Waals surface area contributed by atoms with E-state index in [-0.39, 0.29) is 11.8 Å². The molecule has 0 radical (unpaired) electrons. The Morgan fingerprint density at radius 1 is 1.35 bits per heavy atom. The number of carbonyl (C=O) groups is 1. The Bertz CT molecular complexity index is 515. The summed E-state index contributed by atoms with van der Waals surface area (Å²) < 4.78 is 11.2. The molecular weight excluding hydrogens is 256 g/mol. The van der Waals surface area contributed by atoms with Crippen LogP contribution in [0.3, 0.4) is 0 Å². The maximum absolute atomic E-state index is 11.0. The molecule has 2 fully saturated rings. The van der Waals surface area contributed by atoms with Gasteiger partial charge in [0.05, 0.1) is 20.1 Å². The van der Waals surface area contributed by atoms with Gasteiger partial charge in [-0.05, 0) is 49.3 Å². The summed E-state index contributed by atoms with van der Waals surface area (Å²) in [4.78, 5) is 11.0. The molecule has 20 heavy (non-hydrogen) atoms. The molecule has 0 atom stereocenters. The Labute approximate surface area is 118 Å². The number of methoxy groups -OCH3 is 1. The summed E-state index contributed by atoms with van der Waals surface area (Å²) in [6.07, 6.45) is 4.57. The number of carboxylic acid groups (broad SMARTS) is 1. The van der Waals surface area contributed by atoms with E-state index in [1.165, 1.54) is 12.8 Å². The van der Waals surface area contributed by atoms with Crippen molar-refractivity contribution in [3.05, 3.63) is 23.8 Å². The van der Waals surface area contributed by atoms with Gasteiger partial charge in [-0.25, -0.2) is 0 Å². The summed E-state index contributed by atoms with van der Waals surface area (Å²) >= 11 is 0. The van der Waals surface area contributed by atoms with Gasteiger partial charge in [0.25, 0.3) is 0 Å². The molecule has 0 unspecified atom stereocenters. The summed E-state index contributed by atoms with van der Waals surface area (Å²) in [6, 6.07) is 5.84. The fraction of sp³-hybridized carbons (Fsp3) is 0.562. The van der Waals surface area contributed by atoms with Crippen LogP contribution in [-0.4, -0.2) is 24.8 Å². The summed E-state index contributed by atoms with van der Waals surface area (Å²) in [7, 11) is 1.62. The van der Waals surface area contributed by atoms with Crippen molar-refractivity contribution in [2.45, 2.75) is 37.5 Å². The topological polar surface area (TPSA) is 55.8 Å². The fourth-order valence-electron chi connectivity index (χ4n) is 2.62. The van der Waals surface area contributed by atoms with Gasteiger partial charge in [0.1, 0.15) is 0 Å². The quantitative estimate of drug-likeness (QED) is 0.831. The molecule has 0 heterocycles. The van der Waals surface area contributed by atoms with Crippen LogP contribution in [0, 0.1) is 5.92 Å². The highest BCUT2D eigenvalue weighted by Gasteiger charge is 2.46. The lowest BCUT2D eigenvalue weighted by Gasteiger charge is -2.16. The molecule has 2 saturated carbocycles. The lowest BCUT2D eigenvalue weighted by atomic mass is 9.92. The first-order valence-electron chi connectivity index (χ1n) is 7.16. The molecule has 4 heteroatoms. The SMILES string of the molecule is COc1cc(C2(CC(=O)O)CC2)ccc1OCC1CC1. The van der Waals surface area contributed by atoms with Crippen molar-refractivity contribution in [2.75, 3.05) is 13.7 Å². The minimum atomic E-state index is -0.740. The molecule has 0 amide bonds. The summed E-state index contributed by atoms with van der Waals surface area (Å²) in [5.41, 5.74) is 0.865. The average Bonchev–Trinajstić information content (AvgIpc) is 3.31. The number of benzene rings is 1. The Kier molecular flexibility index (Phi) is 3.32. The first kappa shape index (κ1) is 13.3. The normalized spacial score (nSPS) is 19.4. The summed E-state index contributed by atoms with van der Waals surface area (Å²) in [5, 5.41) is 9.03. The minimum absolute atomic E-state index is 0.186. The molecule has 108 valence electrons. The van der Waals surface area contributed by atoms with Gasteiger partial charge in [-0.15, -0.1) is 0 Å². The third-order valence-corrected chi connectivity index (χ3v) is 4.29. The van der Waals surface area contributed by atoms with Gasteiger partial charge in [-0.3, -0.25) is 4.79 Å². The highest BCUT2D eigenvalue weighted by atomic mass is 16.5. The number of aliphatic carboxylic acids is 1. The Morgan fingerprint density at radius 3 is 2.65 bits per heavy atom. The second kappa shape index (κ2) is 5.00. The van der Waals surface area contributed by atoms with Crippen molar-refractivity contribution in [3.8, 4) is 11.5 Å². The summed E-state index contributed by atoms with van der Waals surface area (Å²) in [6.45, 7) is 0.746. The molecule has 0 spiro atoms. The van der Waals surface area contributed by atoms with Crippen molar-refractivity contribution in [2.24, 2.45) is 5.92 Å². The highest BCUT2D eigenvalue weighted by Crippen LogP contribution is 2.52. The van der Waals surface area contributed by atoms with Crippen LogP contribution >= 0.6 is 0 Å². The molecule has 0 bridgehead atoms. The van der Waals surface area contributed by atoms with Crippen LogP contribution in [0.2, 0.25) is 0 Å². The van der Waals surface area contributed by atoms with Crippen LogP contribution in [0.15, 0.2) is 18.2 Å². The van der Waals surface area contributed by atoms with E-state index < -0.39 is 5.97 Å². The number of ether oxygens (including phenoxy) is 2. The molecule has 2 aliphatic carbocycles. The fourth-order valence-corrected chi connectivity index (χ4v) is 2.62. The van der Waals surface area contributed by atoms with Crippen LogP contribution in [0.5, 0.6) is 11.5 Å². The zero-order valence-corrected chi connectivity index (χ0v) is 11.7. The van der Waals surface area contributed by atoms with Gasteiger partial charge in [-0.1, -0.05) is 6.07 Å². The van der Waals surface area contributed by atoms with E-state index in [4.69, 9.17) is 14.6 Å². The van der Waals surface area contributed by atoms with E-state index in [0.29, 0.717) is 11.7 Å². The molecule has 0 saturated heterocycles. The number of hydrogen-bond acceptors (Lipinski definition) is 3. The van der Waals surface area contributed by atoms with Crippen LogP contribution in [0.25, 0.3) is 0 Å². The van der Waals surface area contributed by atoms with Crippen LogP contribution in [0.1, 0.15) is 37.7 Å². The van der Waals surface area contributed by atoms with E-state index >= 15 is 0 Å². The van der Waals surface area contributed by atoms with Gasteiger partial charge in [0, 0.05) is 5.41 Å². The smallest absolute Gasteiger partial charge is 0.304 e. The van der Waals surface area contributed by atoms with E-state index in [0.717, 1.165) is 30.8 Å². The number of hydrogen-bond donors (Lipinski definition) is 1. The predicted octanol–water partition coefficient (Wildman–Crippen LogP) is 2.99. The maximum atomic E-state index is 11.0. The highest BCUT2D eigenvalue weighted by molar-refractivity contribution is 5.70. The van der Waals surface area contributed by atoms with E-state index in [2.05, 4.69) is 0 Å². The monoisotopic (exact) mass is 276 g/mol. The van der Waals surface area contributed by atoms with Crippen molar-refractivity contribution in [1.29, 1.82) is 0 Å². The van der Waals surface area contributed by atoms with Gasteiger partial charge in [0.15, 0.2) is 11.5 Å². The predicted molar refractivity (Wildman–Crippen MR) is 74.4 cm³/mol. The Balaban J connectivity index is 1.77. The van der Waals surface area contributed by atoms with E-state index in [9.17, 15) is 4.79 Å². The molecule has 1 N–H and O–H groups in total. The molecule has 1 aromatic rings. The third kappa shape index (κ3) is 2.74. The standard InChI is InChI=1S/C16H20O4/c1-19-14-8-12(16(6-7-16)9-15(17)18)4-5-13(14)20-10-11-2-3-11/h4-5,8,11H,2-3,6-7,9-10H2,1H3,(H,17,18). The van der Waals surface area contributed by atoms with Crippen LogP contribution < -0.4 is 9.47 Å². The minimum Gasteiger partial charge on any atom is -0.493 e. The lowest BCUT2D eigenvalue weighted by Crippen LogP contribution is -2.13. The van der Waals surface area contributed by atoms with Crippen LogP contribution in [0.4, 0.5) is 0 Å². The second-order valence-electron chi connectivity index (χ2n) is 5.97. The van der Waals surface area contributed by atoms with E-state index in [1.54, 1.807) is 7.11 Å². The van der Waals surface area contributed by atoms with Crippen LogP contribution in [-0.2, 0) is 10.2 Å². The van der Waals surface area contributed by atoms with Gasteiger partial charge >= 0.3 is 5.97 Å². The molecule has 0 aliphatic heterocycles. The van der Waals surface area contributed by atoms with Gasteiger partial charge in [-0.2, -0.15) is 0 Å². The molecule has 4 nitrogen and oxygen atoms in total. The molecule has 0 aromatic heterocycles. The number of carboxylic acids is 1. The van der Waals surface area contributed by atoms with Gasteiger partial charge in [0.2, 0.25) is 0 Å². The first-order valence-corrected chi connectivity index (χ1v) is 7.16. The zero-order chi connectivity index (χ0) is 14.2. The van der Waals surface area contributed by atoms with Gasteiger partial charge < -0.3 is 14.6 Å². The number of rotatable bonds is 7. The van der Waals surface area contributed by atoms with Crippen molar-refractivity contribution in [1.82, 2.24) is 0 Å². The van der Waals surface area contributed by atoms with Crippen molar-refractivity contribution in [3.63, 3.8) is 0 Å². The van der Waals surface area contributed by atoms with E-state index in [1.807, 2.05) is 18.2 Å². The Morgan fingerprint density at radius 2 is 2.10 bits per heavy atom. The zero-order valence-electron chi connectivity index (χ0n) is 11.7. The van der Waals surface area contributed by atoms with Crippen molar-refractivity contribution >= 4 is 5.97 Å². The van der Waals surface area contributed by atoms with Crippen molar-refractivity contribution < 1.29 is 19.4 Å². The largest absolute Gasteiger partial charge is 0.493 e. The maximum Gasteiger partial charge on any atom is 0.304 e.